The van der Waals surface area contributed by atoms with E-state index >= 15 is 0 Å². The van der Waals surface area contributed by atoms with Gasteiger partial charge >= 0.3 is 6.18 Å². The minimum Gasteiger partial charge on any atom is -0.305 e. The Labute approximate surface area is 222 Å². The number of benzene rings is 3. The van der Waals surface area contributed by atoms with Crippen LogP contribution >= 0.6 is 0 Å². The zero-order chi connectivity index (χ0) is 24.7. The van der Waals surface area contributed by atoms with Crippen molar-refractivity contribution in [3.8, 4) is 33.6 Å². The number of rotatable bonds is 3. The van der Waals surface area contributed by atoms with Gasteiger partial charge in [-0.2, -0.15) is 13.2 Å². The van der Waals surface area contributed by atoms with Gasteiger partial charge in [0.05, 0.1) is 0 Å². The van der Waals surface area contributed by atoms with Crippen molar-refractivity contribution in [2.24, 2.45) is 0 Å². The molecule has 0 aliphatic heterocycles. The molecule has 0 saturated carbocycles. The quantitative estimate of drug-likeness (QED) is 0.183. The van der Waals surface area contributed by atoms with Crippen LogP contribution in [-0.4, -0.2) is 9.97 Å². The summed E-state index contributed by atoms with van der Waals surface area (Å²) in [6, 6.07) is 35.1. The third-order valence-electron chi connectivity index (χ3n) is 5.18. The van der Waals surface area contributed by atoms with E-state index in [4.69, 9.17) is 0 Å². The van der Waals surface area contributed by atoms with Crippen molar-refractivity contribution in [2.75, 3.05) is 0 Å². The Hall–Kier alpha value is -3.60. The molecule has 0 fully saturated rings. The fraction of sp³-hybridized carbons (Fsp3) is 0.0667. The Bertz CT molecular complexity index is 1300. The first-order valence-electron chi connectivity index (χ1n) is 10.9. The Balaban J connectivity index is 0.000000196. The second kappa shape index (κ2) is 12.4. The molecule has 0 amide bonds. The van der Waals surface area contributed by atoms with E-state index in [2.05, 4.69) is 40.3 Å². The van der Waals surface area contributed by atoms with Gasteiger partial charge in [0.1, 0.15) is 0 Å². The molecule has 0 aliphatic carbocycles. The molecule has 6 heteroatoms. The molecule has 0 unspecified atom stereocenters. The van der Waals surface area contributed by atoms with Gasteiger partial charge in [0.2, 0.25) is 0 Å². The maximum Gasteiger partial charge on any atom is 0.381 e. The second-order valence-corrected chi connectivity index (χ2v) is 7.78. The van der Waals surface area contributed by atoms with E-state index in [1.807, 2.05) is 67.7 Å². The van der Waals surface area contributed by atoms with Gasteiger partial charge in [-0.05, 0) is 46.6 Å². The predicted molar refractivity (Wildman–Crippen MR) is 132 cm³/mol. The minimum atomic E-state index is -4.32. The van der Waals surface area contributed by atoms with Gasteiger partial charge in [0.15, 0.2) is 0 Å². The summed E-state index contributed by atoms with van der Waals surface area (Å²) in [6.45, 7) is 1.90. The van der Waals surface area contributed by atoms with E-state index in [1.165, 1.54) is 17.2 Å². The van der Waals surface area contributed by atoms with Gasteiger partial charge in [0.25, 0.3) is 0 Å². The number of hydrogen-bond donors (Lipinski definition) is 0. The molecule has 5 aromatic rings. The maximum atomic E-state index is 12.3. The number of alkyl halides is 3. The van der Waals surface area contributed by atoms with Crippen LogP contribution in [0, 0.1) is 19.1 Å². The molecule has 2 nitrogen and oxygen atoms in total. The average molecular weight is 659 g/mol. The zero-order valence-electron chi connectivity index (χ0n) is 19.3. The Morgan fingerprint density at radius 1 is 0.694 bits per heavy atom. The first-order chi connectivity index (χ1) is 16.9. The monoisotopic (exact) mass is 659 g/mol. The first kappa shape index (κ1) is 27.0. The van der Waals surface area contributed by atoms with Gasteiger partial charge in [-0.3, -0.25) is 0 Å². The Morgan fingerprint density at radius 2 is 1.44 bits per heavy atom. The van der Waals surface area contributed by atoms with E-state index < -0.39 is 11.7 Å². The van der Waals surface area contributed by atoms with Crippen LogP contribution in [0.15, 0.2) is 109 Å². The number of aromatic nitrogens is 2. The molecule has 36 heavy (non-hydrogen) atoms. The van der Waals surface area contributed by atoms with Crippen LogP contribution < -0.4 is 0 Å². The predicted octanol–water partition coefficient (Wildman–Crippen LogP) is 8.09. The minimum absolute atomic E-state index is 0. The maximum absolute atomic E-state index is 12.3. The normalized spacial score (nSPS) is 10.6. The van der Waals surface area contributed by atoms with Gasteiger partial charge in [-0.25, -0.2) is 0 Å². The third-order valence-corrected chi connectivity index (χ3v) is 5.18. The van der Waals surface area contributed by atoms with Crippen LogP contribution in [0.1, 0.15) is 11.1 Å². The van der Waals surface area contributed by atoms with Crippen molar-refractivity contribution in [2.45, 2.75) is 13.1 Å². The summed E-state index contributed by atoms with van der Waals surface area (Å²) < 4.78 is 37.0. The summed E-state index contributed by atoms with van der Waals surface area (Å²) in [5.74, 6) is 0. The molecular formula is C30H21F3IrN2-2. The van der Waals surface area contributed by atoms with Crippen LogP contribution in [0.3, 0.4) is 0 Å². The molecular weight excluding hydrogens is 638 g/mol. The molecule has 0 atom stereocenters. The van der Waals surface area contributed by atoms with Gasteiger partial charge in [-0.15, -0.1) is 65.7 Å². The van der Waals surface area contributed by atoms with Crippen molar-refractivity contribution < 1.29 is 33.3 Å². The van der Waals surface area contributed by atoms with Crippen LogP contribution in [0.25, 0.3) is 33.6 Å². The van der Waals surface area contributed by atoms with E-state index in [-0.39, 0.29) is 20.1 Å². The summed E-state index contributed by atoms with van der Waals surface area (Å²) in [4.78, 5) is 8.53. The molecule has 0 saturated heterocycles. The molecule has 2 heterocycles. The van der Waals surface area contributed by atoms with Crippen molar-refractivity contribution in [1.29, 1.82) is 0 Å². The van der Waals surface area contributed by atoms with E-state index in [0.717, 1.165) is 29.0 Å². The topological polar surface area (TPSA) is 25.8 Å². The molecule has 1 radical (unpaired) electrons. The summed E-state index contributed by atoms with van der Waals surface area (Å²) in [5, 5.41) is 0. The summed E-state index contributed by atoms with van der Waals surface area (Å²) >= 11 is 0. The molecule has 0 bridgehead atoms. The molecule has 0 aliphatic rings. The van der Waals surface area contributed by atoms with E-state index in [1.54, 1.807) is 12.3 Å². The summed E-state index contributed by atoms with van der Waals surface area (Å²) in [6.07, 6.45) is -0.810. The number of hydrogen-bond acceptors (Lipinski definition) is 2. The van der Waals surface area contributed by atoms with Gasteiger partial charge < -0.3 is 9.97 Å². The number of nitrogens with zero attached hydrogens (tertiary/aromatic N) is 2. The fourth-order valence-corrected chi connectivity index (χ4v) is 3.33. The Kier molecular flexibility index (Phi) is 9.29. The number of aryl methyl sites for hydroxylation is 1. The average Bonchev–Trinajstić information content (AvgIpc) is 2.90. The standard InChI is InChI=1S/C17H12N.C13H9F3N.Ir/c1-3-7-14(8-4-1)16-11-12-18-17(13-16)15-9-5-2-6-10-15;1-9-2-7-12(17-8-9)10-3-5-11(6-4-10)13(14,15)16;/h1-9,11-13H;2-3,5-8H,1H3;/q2*-1;. The fourth-order valence-electron chi connectivity index (χ4n) is 3.33. The Morgan fingerprint density at radius 3 is 2.06 bits per heavy atom. The van der Waals surface area contributed by atoms with Crippen molar-refractivity contribution in [3.05, 3.63) is 133 Å². The van der Waals surface area contributed by atoms with Gasteiger partial charge in [-0.1, -0.05) is 48.5 Å². The molecule has 2 aromatic heterocycles. The second-order valence-electron chi connectivity index (χ2n) is 7.78. The SMILES string of the molecule is Cc1ccc(-c2[c-]cc(C(F)(F)F)cc2)nc1.[Ir].[c-]1ccccc1-c1cc(-c2ccccc2)ccn1. The van der Waals surface area contributed by atoms with Crippen molar-refractivity contribution in [1.82, 2.24) is 9.97 Å². The molecule has 5 rings (SSSR count). The molecule has 3 aromatic carbocycles. The van der Waals surface area contributed by atoms with Crippen molar-refractivity contribution in [3.63, 3.8) is 0 Å². The van der Waals surface area contributed by atoms with Crippen LogP contribution in [0.4, 0.5) is 13.2 Å². The van der Waals surface area contributed by atoms with E-state index in [9.17, 15) is 13.2 Å². The number of pyridine rings is 2. The molecule has 183 valence electrons. The summed E-state index contributed by atoms with van der Waals surface area (Å²) in [7, 11) is 0. The third kappa shape index (κ3) is 7.20. The largest absolute Gasteiger partial charge is 0.381 e. The summed E-state index contributed by atoms with van der Waals surface area (Å²) in [5.41, 5.74) is 5.83. The van der Waals surface area contributed by atoms with Gasteiger partial charge in [0, 0.05) is 32.5 Å². The van der Waals surface area contributed by atoms with Crippen LogP contribution in [0.2, 0.25) is 0 Å². The van der Waals surface area contributed by atoms with Crippen molar-refractivity contribution >= 4 is 0 Å². The molecule has 0 spiro atoms. The van der Waals surface area contributed by atoms with E-state index in [0.29, 0.717) is 11.3 Å². The first-order valence-corrected chi connectivity index (χ1v) is 10.9. The van der Waals surface area contributed by atoms with Crippen LogP contribution in [0.5, 0.6) is 0 Å². The van der Waals surface area contributed by atoms with Crippen LogP contribution in [-0.2, 0) is 26.3 Å². The molecule has 0 N–H and O–H groups in total. The zero-order valence-corrected chi connectivity index (χ0v) is 21.6. The smallest absolute Gasteiger partial charge is 0.305 e. The number of halogens is 3.